The van der Waals surface area contributed by atoms with Gasteiger partial charge in [-0.2, -0.15) is 0 Å². The van der Waals surface area contributed by atoms with E-state index in [1.165, 1.54) is 19.1 Å². The van der Waals surface area contributed by atoms with E-state index >= 15 is 0 Å². The molecule has 0 amide bonds. The minimum Gasteiger partial charge on any atom is -0.504 e. The van der Waals surface area contributed by atoms with Gasteiger partial charge in [-0.05, 0) is 24.6 Å². The summed E-state index contributed by atoms with van der Waals surface area (Å²) < 4.78 is 5.08. The van der Waals surface area contributed by atoms with Gasteiger partial charge < -0.3 is 20.7 Å². The van der Waals surface area contributed by atoms with E-state index in [0.717, 1.165) is 5.56 Å². The van der Waals surface area contributed by atoms with E-state index in [9.17, 15) is 15.0 Å². The summed E-state index contributed by atoms with van der Waals surface area (Å²) in [6.45, 7) is 3.07. The molecule has 2 atom stereocenters. The van der Waals surface area contributed by atoms with Crippen LogP contribution in [0.1, 0.15) is 19.4 Å². The fourth-order valence-corrected chi connectivity index (χ4v) is 1.48. The topological polar surface area (TPSA) is 92.8 Å². The highest BCUT2D eigenvalue weighted by Gasteiger charge is 2.18. The Morgan fingerprint density at radius 3 is 2.53 bits per heavy atom. The molecule has 0 saturated heterocycles. The number of ether oxygens (including phenoxy) is 1. The molecule has 0 aromatic heterocycles. The van der Waals surface area contributed by atoms with Crippen molar-refractivity contribution in [1.29, 1.82) is 0 Å². The molecule has 0 radical (unpaired) electrons. The van der Waals surface area contributed by atoms with Crippen LogP contribution < -0.4 is 5.73 Å². The van der Waals surface area contributed by atoms with Crippen molar-refractivity contribution in [2.45, 2.75) is 32.4 Å². The number of phenolic OH excluding ortho intramolecular Hbond substituents is 2. The van der Waals surface area contributed by atoms with Crippen LogP contribution in [-0.4, -0.2) is 28.3 Å². The van der Waals surface area contributed by atoms with Gasteiger partial charge in [-0.15, -0.1) is 0 Å². The highest BCUT2D eigenvalue weighted by atomic mass is 16.5. The first kappa shape index (κ1) is 13.3. The van der Waals surface area contributed by atoms with Crippen LogP contribution in [0.25, 0.3) is 0 Å². The molecule has 0 bridgehead atoms. The van der Waals surface area contributed by atoms with Crippen molar-refractivity contribution in [3.05, 3.63) is 23.8 Å². The van der Waals surface area contributed by atoms with Crippen LogP contribution >= 0.6 is 0 Å². The summed E-state index contributed by atoms with van der Waals surface area (Å²) in [5, 5.41) is 18.5. The Bertz CT molecular complexity index is 403. The minimum absolute atomic E-state index is 0.182. The van der Waals surface area contributed by atoms with E-state index in [-0.39, 0.29) is 17.5 Å². The average Bonchev–Trinajstić information content (AvgIpc) is 2.21. The van der Waals surface area contributed by atoms with Crippen molar-refractivity contribution in [3.8, 4) is 11.5 Å². The maximum atomic E-state index is 10.9. The highest BCUT2D eigenvalue weighted by Crippen LogP contribution is 2.25. The van der Waals surface area contributed by atoms with E-state index in [0.29, 0.717) is 6.42 Å². The molecule has 0 spiro atoms. The molecule has 0 heterocycles. The summed E-state index contributed by atoms with van der Waals surface area (Å²) in [6.07, 6.45) is -0.0538. The van der Waals surface area contributed by atoms with Gasteiger partial charge >= 0.3 is 5.97 Å². The zero-order valence-corrected chi connectivity index (χ0v) is 9.88. The number of carbonyl (C=O) groups is 1. The van der Waals surface area contributed by atoms with Gasteiger partial charge in [0, 0.05) is 19.4 Å². The zero-order chi connectivity index (χ0) is 13.0. The van der Waals surface area contributed by atoms with Crippen molar-refractivity contribution in [2.24, 2.45) is 5.73 Å². The Morgan fingerprint density at radius 2 is 2.06 bits per heavy atom. The van der Waals surface area contributed by atoms with E-state index < -0.39 is 12.1 Å². The number of hydrogen-bond donors (Lipinski definition) is 3. The second-order valence-corrected chi connectivity index (χ2v) is 4.03. The molecule has 5 nitrogen and oxygen atoms in total. The third kappa shape index (κ3) is 3.96. The van der Waals surface area contributed by atoms with E-state index in [1.54, 1.807) is 13.0 Å². The fourth-order valence-electron chi connectivity index (χ4n) is 1.48. The van der Waals surface area contributed by atoms with Crippen LogP contribution in [0.2, 0.25) is 0 Å². The quantitative estimate of drug-likeness (QED) is 0.536. The summed E-state index contributed by atoms with van der Waals surface area (Å²) in [5.74, 6) is -0.775. The second-order valence-electron chi connectivity index (χ2n) is 4.03. The summed E-state index contributed by atoms with van der Waals surface area (Å²) in [6, 6.07) is 4.15. The first-order valence-corrected chi connectivity index (χ1v) is 5.34. The molecule has 4 N–H and O–H groups in total. The SMILES string of the molecule is CC(=O)OC(Cc1ccc(O)c(O)c1)C(C)N. The first-order chi connectivity index (χ1) is 7.90. The lowest BCUT2D eigenvalue weighted by Gasteiger charge is -2.20. The monoisotopic (exact) mass is 239 g/mol. The molecular weight excluding hydrogens is 222 g/mol. The predicted molar refractivity (Wildman–Crippen MR) is 62.7 cm³/mol. The number of rotatable bonds is 4. The van der Waals surface area contributed by atoms with Gasteiger partial charge in [0.2, 0.25) is 0 Å². The van der Waals surface area contributed by atoms with Gasteiger partial charge in [-0.3, -0.25) is 4.79 Å². The largest absolute Gasteiger partial charge is 0.504 e. The second kappa shape index (κ2) is 5.54. The van der Waals surface area contributed by atoms with Crippen molar-refractivity contribution >= 4 is 5.97 Å². The lowest BCUT2D eigenvalue weighted by Crippen LogP contribution is -2.36. The molecule has 0 aliphatic heterocycles. The summed E-state index contributed by atoms with van der Waals surface area (Å²) in [4.78, 5) is 10.9. The van der Waals surface area contributed by atoms with Crippen molar-refractivity contribution < 1.29 is 19.7 Å². The lowest BCUT2D eigenvalue weighted by atomic mass is 10.0. The Labute approximate surface area is 99.8 Å². The molecular formula is C12H17NO4. The van der Waals surface area contributed by atoms with Gasteiger partial charge in [0.05, 0.1) is 0 Å². The van der Waals surface area contributed by atoms with Gasteiger partial charge in [0.1, 0.15) is 6.10 Å². The van der Waals surface area contributed by atoms with Crippen LogP contribution in [0.5, 0.6) is 11.5 Å². The number of hydrogen-bond acceptors (Lipinski definition) is 5. The van der Waals surface area contributed by atoms with Gasteiger partial charge in [-0.25, -0.2) is 0 Å². The summed E-state index contributed by atoms with van der Waals surface area (Å²) in [5.41, 5.74) is 6.45. The molecule has 0 saturated carbocycles. The Kier molecular flexibility index (Phi) is 4.34. The number of nitrogens with two attached hydrogens (primary N) is 1. The number of carbonyl (C=O) groups excluding carboxylic acids is 1. The lowest BCUT2D eigenvalue weighted by molar-refractivity contribution is -0.147. The molecule has 0 aliphatic carbocycles. The van der Waals surface area contributed by atoms with Gasteiger partial charge in [0.25, 0.3) is 0 Å². The standard InChI is InChI=1S/C12H17NO4/c1-7(13)12(17-8(2)14)6-9-3-4-10(15)11(16)5-9/h3-5,7,12,15-16H,6,13H2,1-2H3. The first-order valence-electron chi connectivity index (χ1n) is 5.34. The number of aromatic hydroxyl groups is 2. The summed E-state index contributed by atoms with van der Waals surface area (Å²) >= 11 is 0. The third-order valence-corrected chi connectivity index (χ3v) is 2.38. The third-order valence-electron chi connectivity index (χ3n) is 2.38. The molecule has 94 valence electrons. The van der Waals surface area contributed by atoms with Gasteiger partial charge in [-0.1, -0.05) is 6.07 Å². The average molecular weight is 239 g/mol. The number of benzene rings is 1. The van der Waals surface area contributed by atoms with Crippen molar-refractivity contribution in [3.63, 3.8) is 0 Å². The maximum Gasteiger partial charge on any atom is 0.302 e. The Hall–Kier alpha value is -1.75. The maximum absolute atomic E-state index is 10.9. The van der Waals surface area contributed by atoms with Crippen LogP contribution in [0.4, 0.5) is 0 Å². The molecule has 1 aromatic rings. The van der Waals surface area contributed by atoms with E-state index in [1.807, 2.05) is 0 Å². The van der Waals surface area contributed by atoms with Crippen LogP contribution in [0.15, 0.2) is 18.2 Å². The number of phenols is 2. The molecule has 0 fully saturated rings. The van der Waals surface area contributed by atoms with Crippen molar-refractivity contribution in [1.82, 2.24) is 0 Å². The van der Waals surface area contributed by atoms with Crippen LogP contribution in [0, 0.1) is 0 Å². The molecule has 17 heavy (non-hydrogen) atoms. The van der Waals surface area contributed by atoms with Crippen LogP contribution in [-0.2, 0) is 16.0 Å². The van der Waals surface area contributed by atoms with Crippen molar-refractivity contribution in [2.75, 3.05) is 0 Å². The fraction of sp³-hybridized carbons (Fsp3) is 0.417. The smallest absolute Gasteiger partial charge is 0.302 e. The van der Waals surface area contributed by atoms with E-state index in [4.69, 9.17) is 10.5 Å². The number of esters is 1. The molecule has 1 aromatic carbocycles. The molecule has 2 unspecified atom stereocenters. The Balaban J connectivity index is 2.78. The molecule has 5 heteroatoms. The van der Waals surface area contributed by atoms with Crippen LogP contribution in [0.3, 0.4) is 0 Å². The normalized spacial score (nSPS) is 14.1. The predicted octanol–water partition coefficient (Wildman–Crippen LogP) is 0.919. The summed E-state index contributed by atoms with van der Waals surface area (Å²) in [7, 11) is 0. The highest BCUT2D eigenvalue weighted by molar-refractivity contribution is 5.66. The Morgan fingerprint density at radius 1 is 1.41 bits per heavy atom. The minimum atomic E-state index is -0.448. The zero-order valence-electron chi connectivity index (χ0n) is 9.88. The molecule has 0 aliphatic rings. The molecule has 1 rings (SSSR count). The van der Waals surface area contributed by atoms with Gasteiger partial charge in [0.15, 0.2) is 11.5 Å². The van der Waals surface area contributed by atoms with E-state index in [2.05, 4.69) is 0 Å².